The van der Waals surface area contributed by atoms with E-state index in [2.05, 4.69) is 4.98 Å². The Morgan fingerprint density at radius 1 is 1.46 bits per heavy atom. The Balaban J connectivity index is 1.54. The molecule has 5 rings (SSSR count). The second-order valence-corrected chi connectivity index (χ2v) is 8.06. The van der Waals surface area contributed by atoms with Crippen LogP contribution in [0.2, 0.25) is 0 Å². The minimum atomic E-state index is -0.448. The first-order valence-electron chi connectivity index (χ1n) is 8.67. The van der Waals surface area contributed by atoms with Crippen LogP contribution < -0.4 is 4.74 Å². The van der Waals surface area contributed by atoms with E-state index in [0.717, 1.165) is 22.0 Å². The number of fused-ring (bicyclic) bond motifs is 4. The van der Waals surface area contributed by atoms with Crippen LogP contribution >= 0.6 is 11.3 Å². The number of carbonyl (C=O) groups is 1. The fourth-order valence-corrected chi connectivity index (χ4v) is 5.09. The quantitative estimate of drug-likeness (QED) is 0.753. The average Bonchev–Trinajstić information content (AvgIpc) is 3.33. The Hall–Kier alpha value is -2.38. The molecule has 134 valence electrons. The molecule has 0 aliphatic carbocycles. The van der Waals surface area contributed by atoms with Crippen molar-refractivity contribution in [1.29, 1.82) is 0 Å². The minimum Gasteiger partial charge on any atom is -0.493 e. The zero-order valence-electron chi connectivity index (χ0n) is 14.4. The molecule has 2 atom stereocenters. The number of nitrogens with zero attached hydrogens (tertiary/aromatic N) is 3. The van der Waals surface area contributed by atoms with Crippen molar-refractivity contribution >= 4 is 22.2 Å². The number of para-hydroxylation sites is 1. The summed E-state index contributed by atoms with van der Waals surface area (Å²) in [6, 6.07) is 7.93. The molecule has 1 N–H and O–H groups in total. The van der Waals surface area contributed by atoms with Gasteiger partial charge in [0.1, 0.15) is 11.4 Å². The van der Waals surface area contributed by atoms with Crippen LogP contribution in [0.1, 0.15) is 27.7 Å². The van der Waals surface area contributed by atoms with Gasteiger partial charge < -0.3 is 14.7 Å². The fourth-order valence-electron chi connectivity index (χ4n) is 4.33. The molecule has 2 aliphatic heterocycles. The molecular formula is C19H19N3O3S. The molecule has 26 heavy (non-hydrogen) atoms. The van der Waals surface area contributed by atoms with Gasteiger partial charge in [-0.05, 0) is 18.6 Å². The maximum absolute atomic E-state index is 13.3. The summed E-state index contributed by atoms with van der Waals surface area (Å²) in [4.78, 5) is 20.5. The van der Waals surface area contributed by atoms with E-state index >= 15 is 0 Å². The van der Waals surface area contributed by atoms with Crippen molar-refractivity contribution in [3.8, 4) is 5.75 Å². The van der Waals surface area contributed by atoms with E-state index in [4.69, 9.17) is 4.74 Å². The van der Waals surface area contributed by atoms with Crippen LogP contribution in [0.4, 0.5) is 0 Å². The number of aryl methyl sites for hydroxylation is 1. The van der Waals surface area contributed by atoms with Crippen LogP contribution in [-0.2, 0) is 0 Å². The van der Waals surface area contributed by atoms with Gasteiger partial charge in [-0.1, -0.05) is 18.2 Å². The first-order chi connectivity index (χ1) is 12.6. The summed E-state index contributed by atoms with van der Waals surface area (Å²) < 4.78 is 7.78. The molecule has 1 fully saturated rings. The molecule has 4 heterocycles. The van der Waals surface area contributed by atoms with E-state index in [1.807, 2.05) is 52.1 Å². The van der Waals surface area contributed by atoms with Gasteiger partial charge in [-0.3, -0.25) is 9.20 Å². The van der Waals surface area contributed by atoms with Crippen LogP contribution in [0, 0.1) is 12.3 Å². The Morgan fingerprint density at radius 2 is 2.31 bits per heavy atom. The number of carbonyl (C=O) groups excluding carboxylic acids is 1. The molecular weight excluding hydrogens is 350 g/mol. The number of aliphatic hydroxyl groups is 1. The number of benzene rings is 1. The standard InChI is InChI=1S/C19H19N3O3S/c1-12-16(22-6-7-26-18(22)20-12)17(24)21-8-14-13-4-2-3-5-15(13)25-11-19(14,9-21)10-23/h2-7,14,23H,8-11H2,1H3/t14-,19-/m1/s1. The van der Waals surface area contributed by atoms with Crippen LogP contribution in [0.3, 0.4) is 0 Å². The summed E-state index contributed by atoms with van der Waals surface area (Å²) in [5.41, 5.74) is 1.98. The van der Waals surface area contributed by atoms with Crippen molar-refractivity contribution in [2.45, 2.75) is 12.8 Å². The first-order valence-corrected chi connectivity index (χ1v) is 9.55. The number of ether oxygens (including phenoxy) is 1. The molecule has 1 amide bonds. The van der Waals surface area contributed by atoms with Crippen molar-refractivity contribution in [3.63, 3.8) is 0 Å². The van der Waals surface area contributed by atoms with Gasteiger partial charge in [0.25, 0.3) is 5.91 Å². The number of likely N-dealkylation sites (tertiary alicyclic amines) is 1. The van der Waals surface area contributed by atoms with Gasteiger partial charge in [0.05, 0.1) is 24.3 Å². The second kappa shape index (κ2) is 5.56. The van der Waals surface area contributed by atoms with Gasteiger partial charge in [-0.2, -0.15) is 0 Å². The number of amides is 1. The van der Waals surface area contributed by atoms with Gasteiger partial charge in [-0.15, -0.1) is 11.3 Å². The van der Waals surface area contributed by atoms with Crippen molar-refractivity contribution in [3.05, 3.63) is 52.8 Å². The molecule has 0 bridgehead atoms. The average molecular weight is 369 g/mol. The third-order valence-corrected chi connectivity index (χ3v) is 6.46. The van der Waals surface area contributed by atoms with Crippen molar-refractivity contribution in [1.82, 2.24) is 14.3 Å². The SMILES string of the molecule is Cc1nc2sccn2c1C(=O)N1C[C@@H]2c3ccccc3OC[C@]2(CO)C1. The lowest BCUT2D eigenvalue weighted by atomic mass is 9.74. The zero-order valence-corrected chi connectivity index (χ0v) is 15.2. The maximum atomic E-state index is 13.3. The van der Waals surface area contributed by atoms with E-state index in [1.54, 1.807) is 0 Å². The number of hydrogen-bond acceptors (Lipinski definition) is 5. The molecule has 7 heteroatoms. The molecule has 2 aliphatic rings. The molecule has 2 aromatic heterocycles. The number of imidazole rings is 1. The van der Waals surface area contributed by atoms with Crippen LogP contribution in [0.25, 0.3) is 4.96 Å². The van der Waals surface area contributed by atoms with Gasteiger partial charge in [0, 0.05) is 30.6 Å². The summed E-state index contributed by atoms with van der Waals surface area (Å²) in [5, 5.41) is 12.1. The lowest BCUT2D eigenvalue weighted by Gasteiger charge is -2.37. The smallest absolute Gasteiger partial charge is 0.272 e. The summed E-state index contributed by atoms with van der Waals surface area (Å²) in [5.74, 6) is 0.900. The van der Waals surface area contributed by atoms with Gasteiger partial charge >= 0.3 is 0 Å². The summed E-state index contributed by atoms with van der Waals surface area (Å²) in [6.45, 7) is 3.36. The first kappa shape index (κ1) is 15.8. The van der Waals surface area contributed by atoms with Gasteiger partial charge in [0.15, 0.2) is 4.96 Å². The lowest BCUT2D eigenvalue weighted by Crippen LogP contribution is -2.42. The van der Waals surface area contributed by atoms with Crippen molar-refractivity contribution in [2.24, 2.45) is 5.41 Å². The highest BCUT2D eigenvalue weighted by Gasteiger charge is 2.52. The third-order valence-electron chi connectivity index (χ3n) is 5.70. The number of rotatable bonds is 2. The lowest BCUT2D eigenvalue weighted by molar-refractivity contribution is 0.0439. The van der Waals surface area contributed by atoms with E-state index < -0.39 is 5.41 Å². The summed E-state index contributed by atoms with van der Waals surface area (Å²) in [7, 11) is 0. The maximum Gasteiger partial charge on any atom is 0.272 e. The number of hydrogen-bond donors (Lipinski definition) is 1. The molecule has 0 spiro atoms. The van der Waals surface area contributed by atoms with E-state index in [0.29, 0.717) is 25.4 Å². The third kappa shape index (κ3) is 2.07. The Morgan fingerprint density at radius 3 is 3.15 bits per heavy atom. The Bertz CT molecular complexity index is 1010. The van der Waals surface area contributed by atoms with Crippen LogP contribution in [-0.4, -0.2) is 51.6 Å². The topological polar surface area (TPSA) is 67.1 Å². The fraction of sp³-hybridized carbons (Fsp3) is 0.368. The van der Waals surface area contributed by atoms with Crippen LogP contribution in [0.15, 0.2) is 35.8 Å². The Labute approximate surface area is 154 Å². The predicted molar refractivity (Wildman–Crippen MR) is 97.9 cm³/mol. The molecule has 0 unspecified atom stereocenters. The van der Waals surface area contributed by atoms with Crippen molar-refractivity contribution < 1.29 is 14.6 Å². The molecule has 3 aromatic rings. The van der Waals surface area contributed by atoms with E-state index in [-0.39, 0.29) is 18.4 Å². The van der Waals surface area contributed by atoms with Crippen LogP contribution in [0.5, 0.6) is 5.75 Å². The van der Waals surface area contributed by atoms with Gasteiger partial charge in [0.2, 0.25) is 0 Å². The Kier molecular flexibility index (Phi) is 3.39. The predicted octanol–water partition coefficient (Wildman–Crippen LogP) is 2.31. The van der Waals surface area contributed by atoms with E-state index in [1.165, 1.54) is 11.3 Å². The highest BCUT2D eigenvalue weighted by atomic mass is 32.1. The number of aromatic nitrogens is 2. The molecule has 1 saturated heterocycles. The second-order valence-electron chi connectivity index (χ2n) is 7.19. The minimum absolute atomic E-state index is 0.00493. The number of thiazole rings is 1. The molecule has 6 nitrogen and oxygen atoms in total. The molecule has 0 radical (unpaired) electrons. The molecule has 1 aromatic carbocycles. The summed E-state index contributed by atoms with van der Waals surface area (Å²) >= 11 is 1.52. The molecule has 0 saturated carbocycles. The zero-order chi connectivity index (χ0) is 17.9. The van der Waals surface area contributed by atoms with E-state index in [9.17, 15) is 9.90 Å². The highest BCUT2D eigenvalue weighted by Crippen LogP contribution is 2.49. The van der Waals surface area contributed by atoms with Crippen molar-refractivity contribution in [2.75, 3.05) is 26.3 Å². The largest absolute Gasteiger partial charge is 0.493 e. The monoisotopic (exact) mass is 369 g/mol. The number of aliphatic hydroxyl groups excluding tert-OH is 1. The van der Waals surface area contributed by atoms with Gasteiger partial charge in [-0.25, -0.2) is 4.98 Å². The normalized spacial score (nSPS) is 24.4. The summed E-state index contributed by atoms with van der Waals surface area (Å²) in [6.07, 6.45) is 1.89. The highest BCUT2D eigenvalue weighted by molar-refractivity contribution is 7.15.